The highest BCUT2D eigenvalue weighted by molar-refractivity contribution is 7.15. The number of rotatable bonds is 9. The molecule has 0 aliphatic heterocycles. The zero-order valence-electron chi connectivity index (χ0n) is 15.8. The second kappa shape index (κ2) is 10.2. The van der Waals surface area contributed by atoms with Crippen molar-refractivity contribution < 1.29 is 9.53 Å². The first kappa shape index (κ1) is 20.4. The Bertz CT molecular complexity index is 892. The predicted octanol–water partition coefficient (Wildman–Crippen LogP) is 6.21. The molecule has 0 aliphatic rings. The minimum absolute atomic E-state index is 0.176. The Hall–Kier alpha value is -2.37. The van der Waals surface area contributed by atoms with Crippen LogP contribution in [0, 0.1) is 0 Å². The number of amides is 1. The Morgan fingerprint density at radius 3 is 2.57 bits per heavy atom. The number of halogens is 1. The largest absolute Gasteiger partial charge is 0.494 e. The number of nitrogens with zero attached hydrogens (tertiary/aromatic N) is 1. The molecule has 2 aromatic carbocycles. The van der Waals surface area contributed by atoms with E-state index in [4.69, 9.17) is 16.3 Å². The van der Waals surface area contributed by atoms with Gasteiger partial charge in [-0.25, -0.2) is 4.98 Å². The molecule has 1 N–H and O–H groups in total. The number of ether oxygens (including phenoxy) is 1. The Balaban J connectivity index is 1.53. The van der Waals surface area contributed by atoms with Crippen LogP contribution in [0.4, 0.5) is 5.13 Å². The molecule has 0 atom stereocenters. The summed E-state index contributed by atoms with van der Waals surface area (Å²) in [6, 6.07) is 14.9. The van der Waals surface area contributed by atoms with E-state index in [-0.39, 0.29) is 5.91 Å². The van der Waals surface area contributed by atoms with Gasteiger partial charge in [0.05, 0.1) is 6.61 Å². The fraction of sp³-hybridized carbons (Fsp3) is 0.273. The molecule has 28 heavy (non-hydrogen) atoms. The third-order valence-corrected chi connectivity index (χ3v) is 5.36. The summed E-state index contributed by atoms with van der Waals surface area (Å²) < 4.78 is 5.68. The minimum atomic E-state index is -0.176. The van der Waals surface area contributed by atoms with Crippen LogP contribution in [0.1, 0.15) is 47.0 Å². The van der Waals surface area contributed by atoms with Crippen molar-refractivity contribution in [3.05, 3.63) is 75.8 Å². The summed E-state index contributed by atoms with van der Waals surface area (Å²) in [7, 11) is 0. The summed E-state index contributed by atoms with van der Waals surface area (Å²) >= 11 is 7.39. The number of benzene rings is 2. The van der Waals surface area contributed by atoms with Crippen LogP contribution < -0.4 is 10.1 Å². The molecule has 1 heterocycles. The van der Waals surface area contributed by atoms with Gasteiger partial charge in [0.25, 0.3) is 5.91 Å². The molecule has 0 bridgehead atoms. The van der Waals surface area contributed by atoms with Crippen LogP contribution in [0.3, 0.4) is 0 Å². The Labute approximate surface area is 174 Å². The van der Waals surface area contributed by atoms with Crippen molar-refractivity contribution in [1.29, 1.82) is 0 Å². The first-order valence-corrected chi connectivity index (χ1v) is 10.6. The van der Waals surface area contributed by atoms with Gasteiger partial charge >= 0.3 is 0 Å². The molecule has 6 heteroatoms. The maximum absolute atomic E-state index is 12.4. The first-order chi connectivity index (χ1) is 13.6. The molecule has 0 saturated carbocycles. The van der Waals surface area contributed by atoms with E-state index in [1.165, 1.54) is 17.8 Å². The number of carbonyl (C=O) groups excluding carboxylic acids is 1. The minimum Gasteiger partial charge on any atom is -0.494 e. The number of aromatic nitrogens is 1. The van der Waals surface area contributed by atoms with Gasteiger partial charge in [-0.05, 0) is 48.4 Å². The van der Waals surface area contributed by atoms with Crippen molar-refractivity contribution >= 4 is 34.0 Å². The topological polar surface area (TPSA) is 51.2 Å². The molecule has 1 aromatic heterocycles. The maximum Gasteiger partial charge on any atom is 0.257 e. The van der Waals surface area contributed by atoms with Crippen molar-refractivity contribution in [3.8, 4) is 5.75 Å². The Kier molecular flexibility index (Phi) is 7.46. The van der Waals surface area contributed by atoms with Gasteiger partial charge in [0.15, 0.2) is 5.13 Å². The summed E-state index contributed by atoms with van der Waals surface area (Å²) in [5.74, 6) is 0.608. The van der Waals surface area contributed by atoms with Crippen molar-refractivity contribution in [2.24, 2.45) is 0 Å². The average Bonchev–Trinajstić information content (AvgIpc) is 3.14. The van der Waals surface area contributed by atoms with Gasteiger partial charge in [-0.15, -0.1) is 11.3 Å². The van der Waals surface area contributed by atoms with Crippen molar-refractivity contribution in [2.75, 3.05) is 11.9 Å². The lowest BCUT2D eigenvalue weighted by molar-refractivity contribution is 0.102. The summed E-state index contributed by atoms with van der Waals surface area (Å²) in [4.78, 5) is 17.8. The van der Waals surface area contributed by atoms with E-state index in [9.17, 15) is 4.79 Å². The highest BCUT2D eigenvalue weighted by Crippen LogP contribution is 2.23. The van der Waals surface area contributed by atoms with Crippen LogP contribution >= 0.6 is 22.9 Å². The van der Waals surface area contributed by atoms with Crippen LogP contribution in [0.15, 0.2) is 54.7 Å². The predicted molar refractivity (Wildman–Crippen MR) is 116 cm³/mol. The summed E-state index contributed by atoms with van der Waals surface area (Å²) in [6.07, 6.45) is 5.92. The molecule has 0 radical (unpaired) electrons. The molecule has 4 nitrogen and oxygen atoms in total. The number of nitrogens with one attached hydrogen (secondary N) is 1. The fourth-order valence-electron chi connectivity index (χ4n) is 2.66. The van der Waals surface area contributed by atoms with Crippen molar-refractivity contribution in [1.82, 2.24) is 4.98 Å². The molecule has 0 aliphatic carbocycles. The van der Waals surface area contributed by atoms with Crippen molar-refractivity contribution in [2.45, 2.75) is 32.6 Å². The second-order valence-corrected chi connectivity index (χ2v) is 8.02. The first-order valence-electron chi connectivity index (χ1n) is 9.37. The SMILES string of the molecule is CCCCCOc1ccc(C(=O)Nc2ncc(Cc3ccc(Cl)cc3)s2)cc1. The van der Waals surface area contributed by atoms with E-state index in [0.29, 0.717) is 17.3 Å². The Morgan fingerprint density at radius 2 is 1.86 bits per heavy atom. The number of anilines is 1. The van der Waals surface area contributed by atoms with E-state index in [0.717, 1.165) is 40.5 Å². The fourth-order valence-corrected chi connectivity index (χ4v) is 3.63. The zero-order chi connectivity index (χ0) is 19.8. The number of hydrogen-bond acceptors (Lipinski definition) is 4. The van der Waals surface area contributed by atoms with Gasteiger partial charge in [-0.2, -0.15) is 0 Å². The number of hydrogen-bond donors (Lipinski definition) is 1. The summed E-state index contributed by atoms with van der Waals surface area (Å²) in [5, 5.41) is 4.17. The Morgan fingerprint density at radius 1 is 1.11 bits per heavy atom. The average molecular weight is 415 g/mol. The van der Waals surface area contributed by atoms with Crippen LogP contribution in [0.2, 0.25) is 5.02 Å². The third kappa shape index (κ3) is 6.08. The molecule has 1 amide bonds. The molecular formula is C22H23ClN2O2S. The number of thiazole rings is 1. The molecule has 0 fully saturated rings. The third-order valence-electron chi connectivity index (χ3n) is 4.20. The lowest BCUT2D eigenvalue weighted by Gasteiger charge is -2.07. The molecule has 3 aromatic rings. The zero-order valence-corrected chi connectivity index (χ0v) is 17.4. The highest BCUT2D eigenvalue weighted by Gasteiger charge is 2.10. The van der Waals surface area contributed by atoms with E-state index < -0.39 is 0 Å². The van der Waals surface area contributed by atoms with Gasteiger partial charge in [0, 0.05) is 28.1 Å². The van der Waals surface area contributed by atoms with Gasteiger partial charge < -0.3 is 4.74 Å². The van der Waals surface area contributed by atoms with Crippen LogP contribution in [0.25, 0.3) is 0 Å². The van der Waals surface area contributed by atoms with E-state index in [2.05, 4.69) is 17.2 Å². The molecule has 146 valence electrons. The van der Waals surface area contributed by atoms with Crippen LogP contribution in [-0.4, -0.2) is 17.5 Å². The summed E-state index contributed by atoms with van der Waals surface area (Å²) in [5.41, 5.74) is 1.73. The lowest BCUT2D eigenvalue weighted by atomic mass is 10.1. The molecule has 0 saturated heterocycles. The van der Waals surface area contributed by atoms with Gasteiger partial charge in [0.2, 0.25) is 0 Å². The molecular weight excluding hydrogens is 392 g/mol. The number of carbonyl (C=O) groups is 1. The van der Waals surface area contributed by atoms with Crippen LogP contribution in [0.5, 0.6) is 5.75 Å². The molecule has 3 rings (SSSR count). The number of unbranched alkanes of at least 4 members (excludes halogenated alkanes) is 2. The van der Waals surface area contributed by atoms with Crippen molar-refractivity contribution in [3.63, 3.8) is 0 Å². The second-order valence-electron chi connectivity index (χ2n) is 6.47. The molecule has 0 spiro atoms. The molecule has 0 unspecified atom stereocenters. The summed E-state index contributed by atoms with van der Waals surface area (Å²) in [6.45, 7) is 2.87. The van der Waals surface area contributed by atoms with E-state index >= 15 is 0 Å². The maximum atomic E-state index is 12.4. The van der Waals surface area contributed by atoms with Gasteiger partial charge in [-0.3, -0.25) is 10.1 Å². The van der Waals surface area contributed by atoms with E-state index in [1.54, 1.807) is 18.3 Å². The monoisotopic (exact) mass is 414 g/mol. The normalized spacial score (nSPS) is 10.6. The standard InChI is InChI=1S/C22H23ClN2O2S/c1-2-3-4-13-27-19-11-7-17(8-12-19)21(26)25-22-24-15-20(28-22)14-16-5-9-18(23)10-6-16/h5-12,15H,2-4,13-14H2,1H3,(H,24,25,26). The van der Waals surface area contributed by atoms with Crippen LogP contribution in [-0.2, 0) is 6.42 Å². The van der Waals surface area contributed by atoms with E-state index in [1.807, 2.05) is 36.4 Å². The smallest absolute Gasteiger partial charge is 0.257 e. The van der Waals surface area contributed by atoms with Gasteiger partial charge in [-0.1, -0.05) is 43.5 Å². The van der Waals surface area contributed by atoms with Gasteiger partial charge in [0.1, 0.15) is 5.75 Å². The quantitative estimate of drug-likeness (QED) is 0.423. The lowest BCUT2D eigenvalue weighted by Crippen LogP contribution is -2.11. The highest BCUT2D eigenvalue weighted by atomic mass is 35.5.